The van der Waals surface area contributed by atoms with Crippen LogP contribution in [0.25, 0.3) is 0 Å². The molecule has 0 bridgehead atoms. The Bertz CT molecular complexity index is 493. The number of hydrogen-bond acceptors (Lipinski definition) is 3. The highest BCUT2D eigenvalue weighted by molar-refractivity contribution is 7.92. The van der Waals surface area contributed by atoms with Gasteiger partial charge in [-0.25, -0.2) is 8.42 Å². The zero-order valence-corrected chi connectivity index (χ0v) is 10.6. The summed E-state index contributed by atoms with van der Waals surface area (Å²) in [5, 5.41) is 8.61. The van der Waals surface area contributed by atoms with Crippen molar-refractivity contribution in [1.29, 1.82) is 0 Å². The summed E-state index contributed by atoms with van der Waals surface area (Å²) < 4.78 is 24.4. The molecule has 0 amide bonds. The van der Waals surface area contributed by atoms with E-state index in [1.807, 2.05) is 0 Å². The Morgan fingerprint density at radius 3 is 2.24 bits per heavy atom. The van der Waals surface area contributed by atoms with Crippen LogP contribution in [-0.2, 0) is 21.2 Å². The minimum absolute atomic E-state index is 0.0282. The molecule has 0 fully saturated rings. The van der Waals surface area contributed by atoms with Crippen molar-refractivity contribution in [2.75, 3.05) is 17.1 Å². The number of sulfonamides is 1. The summed E-state index contributed by atoms with van der Waals surface area (Å²) >= 11 is 0. The van der Waals surface area contributed by atoms with E-state index in [2.05, 4.69) is 0 Å². The Balaban J connectivity index is 2.91. The minimum Gasteiger partial charge on any atom is -0.481 e. The average molecular weight is 257 g/mol. The second-order valence-corrected chi connectivity index (χ2v) is 5.89. The van der Waals surface area contributed by atoms with Crippen molar-refractivity contribution < 1.29 is 18.3 Å². The number of benzene rings is 1. The largest absolute Gasteiger partial charge is 0.481 e. The van der Waals surface area contributed by atoms with E-state index in [4.69, 9.17) is 5.11 Å². The molecule has 1 N–H and O–H groups in total. The van der Waals surface area contributed by atoms with Gasteiger partial charge in [0.05, 0.1) is 17.9 Å². The topological polar surface area (TPSA) is 74.7 Å². The normalized spacial score (nSPS) is 11.2. The quantitative estimate of drug-likeness (QED) is 0.857. The molecule has 1 aromatic carbocycles. The van der Waals surface area contributed by atoms with Crippen LogP contribution in [0.2, 0.25) is 0 Å². The number of hydrogen-bond donors (Lipinski definition) is 1. The highest BCUT2D eigenvalue weighted by atomic mass is 32.2. The summed E-state index contributed by atoms with van der Waals surface area (Å²) in [6, 6.07) is 6.44. The van der Waals surface area contributed by atoms with Crippen LogP contribution in [0.3, 0.4) is 0 Å². The van der Waals surface area contributed by atoms with E-state index in [-0.39, 0.29) is 12.2 Å². The first-order valence-corrected chi connectivity index (χ1v) is 6.75. The Morgan fingerprint density at radius 1 is 1.29 bits per heavy atom. The van der Waals surface area contributed by atoms with E-state index < -0.39 is 16.0 Å². The number of carboxylic acid groups (broad SMARTS) is 1. The summed E-state index contributed by atoms with van der Waals surface area (Å²) in [5.41, 5.74) is 1.17. The van der Waals surface area contributed by atoms with E-state index in [1.165, 1.54) is 11.4 Å². The van der Waals surface area contributed by atoms with Crippen LogP contribution in [0.1, 0.15) is 12.5 Å². The van der Waals surface area contributed by atoms with Crippen LogP contribution < -0.4 is 4.31 Å². The lowest BCUT2D eigenvalue weighted by atomic mass is 10.1. The molecule has 0 unspecified atom stereocenters. The van der Waals surface area contributed by atoms with Crippen LogP contribution in [0, 0.1) is 0 Å². The maximum absolute atomic E-state index is 11.6. The third-order valence-corrected chi connectivity index (χ3v) is 4.21. The highest BCUT2D eigenvalue weighted by Gasteiger charge is 2.15. The zero-order valence-electron chi connectivity index (χ0n) is 9.75. The predicted molar refractivity (Wildman–Crippen MR) is 65.6 cm³/mol. The molecule has 17 heavy (non-hydrogen) atoms. The van der Waals surface area contributed by atoms with Gasteiger partial charge in [-0.15, -0.1) is 0 Å². The SMILES string of the molecule is CCS(=O)(=O)N(C)c1ccc(CC(=O)O)cc1. The molecule has 94 valence electrons. The van der Waals surface area contributed by atoms with Gasteiger partial charge in [0.25, 0.3) is 0 Å². The van der Waals surface area contributed by atoms with Gasteiger partial charge in [-0.05, 0) is 24.6 Å². The molecule has 1 rings (SSSR count). The number of nitrogens with zero attached hydrogens (tertiary/aromatic N) is 1. The van der Waals surface area contributed by atoms with Gasteiger partial charge < -0.3 is 5.11 Å². The molecule has 0 aliphatic carbocycles. The van der Waals surface area contributed by atoms with Crippen molar-refractivity contribution in [2.45, 2.75) is 13.3 Å². The summed E-state index contributed by atoms with van der Waals surface area (Å²) in [5.74, 6) is -0.882. The molecule has 0 heterocycles. The van der Waals surface area contributed by atoms with Crippen molar-refractivity contribution in [1.82, 2.24) is 0 Å². The number of anilines is 1. The monoisotopic (exact) mass is 257 g/mol. The van der Waals surface area contributed by atoms with Gasteiger partial charge in [-0.3, -0.25) is 9.10 Å². The van der Waals surface area contributed by atoms with E-state index in [0.717, 1.165) is 0 Å². The summed E-state index contributed by atoms with van der Waals surface area (Å²) in [6.07, 6.45) is -0.0650. The molecular weight excluding hydrogens is 242 g/mol. The van der Waals surface area contributed by atoms with Crippen molar-refractivity contribution in [3.8, 4) is 0 Å². The van der Waals surface area contributed by atoms with Crippen LogP contribution in [0.4, 0.5) is 5.69 Å². The van der Waals surface area contributed by atoms with Gasteiger partial charge >= 0.3 is 5.97 Å². The van der Waals surface area contributed by atoms with E-state index >= 15 is 0 Å². The molecule has 0 saturated carbocycles. The fraction of sp³-hybridized carbons (Fsp3) is 0.364. The average Bonchev–Trinajstić information content (AvgIpc) is 2.28. The van der Waals surface area contributed by atoms with E-state index in [1.54, 1.807) is 31.2 Å². The van der Waals surface area contributed by atoms with Gasteiger partial charge in [0, 0.05) is 7.05 Å². The van der Waals surface area contributed by atoms with Gasteiger partial charge in [0.1, 0.15) is 0 Å². The van der Waals surface area contributed by atoms with Crippen LogP contribution >= 0.6 is 0 Å². The molecule has 0 aliphatic rings. The Hall–Kier alpha value is -1.56. The summed E-state index contributed by atoms with van der Waals surface area (Å²) in [4.78, 5) is 10.5. The standard InChI is InChI=1S/C11H15NO4S/c1-3-17(15,16)12(2)10-6-4-9(5-7-10)8-11(13)14/h4-7H,3,8H2,1-2H3,(H,13,14). The van der Waals surface area contributed by atoms with Crippen molar-refractivity contribution in [2.24, 2.45) is 0 Å². The van der Waals surface area contributed by atoms with Crippen LogP contribution in [-0.4, -0.2) is 32.3 Å². The number of aliphatic carboxylic acids is 1. The maximum Gasteiger partial charge on any atom is 0.307 e. The van der Waals surface area contributed by atoms with E-state index in [0.29, 0.717) is 11.3 Å². The Morgan fingerprint density at radius 2 is 1.82 bits per heavy atom. The third kappa shape index (κ3) is 3.45. The molecule has 6 heteroatoms. The molecule has 0 aromatic heterocycles. The minimum atomic E-state index is -3.27. The van der Waals surface area contributed by atoms with Gasteiger partial charge in [0.2, 0.25) is 10.0 Å². The molecule has 5 nitrogen and oxygen atoms in total. The lowest BCUT2D eigenvalue weighted by Crippen LogP contribution is -2.27. The first-order chi connectivity index (χ1) is 7.86. The summed E-state index contributed by atoms with van der Waals surface area (Å²) in [6.45, 7) is 1.57. The molecule has 0 saturated heterocycles. The maximum atomic E-state index is 11.6. The Labute approximate surface area is 101 Å². The van der Waals surface area contributed by atoms with E-state index in [9.17, 15) is 13.2 Å². The first-order valence-electron chi connectivity index (χ1n) is 5.14. The molecule has 0 radical (unpaired) electrons. The van der Waals surface area contributed by atoms with Gasteiger partial charge in [0.15, 0.2) is 0 Å². The molecule has 0 aliphatic heterocycles. The number of carboxylic acids is 1. The zero-order chi connectivity index (χ0) is 13.1. The Kier molecular flexibility index (Phi) is 4.11. The van der Waals surface area contributed by atoms with Crippen LogP contribution in [0.15, 0.2) is 24.3 Å². The fourth-order valence-corrected chi connectivity index (χ4v) is 2.18. The number of carbonyl (C=O) groups is 1. The lowest BCUT2D eigenvalue weighted by molar-refractivity contribution is -0.136. The molecule has 0 spiro atoms. The van der Waals surface area contributed by atoms with Gasteiger partial charge in [-0.1, -0.05) is 12.1 Å². The molecular formula is C11H15NO4S. The predicted octanol–water partition coefficient (Wildman–Crippen LogP) is 1.10. The van der Waals surface area contributed by atoms with Crippen molar-refractivity contribution in [3.05, 3.63) is 29.8 Å². The smallest absolute Gasteiger partial charge is 0.307 e. The fourth-order valence-electron chi connectivity index (χ4n) is 1.35. The van der Waals surface area contributed by atoms with Crippen LogP contribution in [0.5, 0.6) is 0 Å². The highest BCUT2D eigenvalue weighted by Crippen LogP contribution is 2.17. The number of rotatable bonds is 5. The first kappa shape index (κ1) is 13.5. The molecule has 1 aromatic rings. The second-order valence-electron chi connectivity index (χ2n) is 3.61. The lowest BCUT2D eigenvalue weighted by Gasteiger charge is -2.18. The van der Waals surface area contributed by atoms with Crippen molar-refractivity contribution >= 4 is 21.7 Å². The second kappa shape index (κ2) is 5.18. The third-order valence-electron chi connectivity index (χ3n) is 2.44. The van der Waals surface area contributed by atoms with Crippen molar-refractivity contribution in [3.63, 3.8) is 0 Å². The summed E-state index contributed by atoms with van der Waals surface area (Å²) in [7, 11) is -1.79. The van der Waals surface area contributed by atoms with Gasteiger partial charge in [-0.2, -0.15) is 0 Å². The molecule has 0 atom stereocenters.